The molecule has 0 spiro atoms. The number of hydrogen-bond donors (Lipinski definition) is 0. The first-order chi connectivity index (χ1) is 9.75. The van der Waals surface area contributed by atoms with E-state index in [-0.39, 0.29) is 12.5 Å². The van der Waals surface area contributed by atoms with Gasteiger partial charge in [0, 0.05) is 13.1 Å². The number of likely N-dealkylation sites (tertiary alicyclic amines) is 1. The van der Waals surface area contributed by atoms with Crippen LogP contribution in [0.3, 0.4) is 0 Å². The number of amides is 1. The van der Waals surface area contributed by atoms with Gasteiger partial charge in [-0.3, -0.25) is 4.79 Å². The summed E-state index contributed by atoms with van der Waals surface area (Å²) >= 11 is 0. The Bertz CT molecular complexity index is 655. The normalized spacial score (nSPS) is 14.7. The summed E-state index contributed by atoms with van der Waals surface area (Å²) in [5, 5.41) is 7.59. The van der Waals surface area contributed by atoms with Gasteiger partial charge in [0.15, 0.2) is 0 Å². The highest BCUT2D eigenvalue weighted by Gasteiger charge is 2.20. The lowest BCUT2D eigenvalue weighted by Crippen LogP contribution is -2.35. The second-order valence-electron chi connectivity index (χ2n) is 4.75. The van der Waals surface area contributed by atoms with Crippen molar-refractivity contribution in [2.45, 2.75) is 19.4 Å². The molecule has 1 amide bonds. The molecule has 7 nitrogen and oxygen atoms in total. The van der Waals surface area contributed by atoms with Gasteiger partial charge < -0.3 is 4.90 Å². The zero-order valence-electron chi connectivity index (χ0n) is 11.0. The van der Waals surface area contributed by atoms with Gasteiger partial charge in [-0.15, -0.1) is 0 Å². The van der Waals surface area contributed by atoms with Gasteiger partial charge in [-0.05, 0) is 35.4 Å². The van der Waals surface area contributed by atoms with E-state index in [4.69, 9.17) is 0 Å². The highest BCUT2D eigenvalue weighted by Crippen LogP contribution is 2.07. The van der Waals surface area contributed by atoms with Crippen LogP contribution in [0.2, 0.25) is 0 Å². The molecule has 0 radical (unpaired) electrons. The SMILES string of the molecule is O=C(Cn1nnn(-c2ccccc2)c1=O)N1CCCC1. The molecule has 2 aromatic rings. The third-order valence-corrected chi connectivity index (χ3v) is 3.38. The van der Waals surface area contributed by atoms with Crippen molar-refractivity contribution in [1.29, 1.82) is 0 Å². The van der Waals surface area contributed by atoms with Gasteiger partial charge in [0.25, 0.3) is 0 Å². The molecule has 1 saturated heterocycles. The largest absolute Gasteiger partial charge is 0.368 e. The number of tetrazole rings is 1. The van der Waals surface area contributed by atoms with Crippen LogP contribution in [0.4, 0.5) is 0 Å². The summed E-state index contributed by atoms with van der Waals surface area (Å²) in [6.07, 6.45) is 2.05. The summed E-state index contributed by atoms with van der Waals surface area (Å²) in [6, 6.07) is 9.02. The molecule has 0 aliphatic carbocycles. The maximum atomic E-state index is 12.1. The van der Waals surface area contributed by atoms with Crippen molar-refractivity contribution in [3.05, 3.63) is 40.8 Å². The van der Waals surface area contributed by atoms with Crippen LogP contribution in [0.1, 0.15) is 12.8 Å². The number of carbonyl (C=O) groups is 1. The van der Waals surface area contributed by atoms with Crippen LogP contribution < -0.4 is 5.69 Å². The molecular weight excluding hydrogens is 258 g/mol. The highest BCUT2D eigenvalue weighted by molar-refractivity contribution is 5.76. The monoisotopic (exact) mass is 273 g/mol. The molecule has 20 heavy (non-hydrogen) atoms. The van der Waals surface area contributed by atoms with Crippen molar-refractivity contribution >= 4 is 5.91 Å². The number of hydrogen-bond acceptors (Lipinski definition) is 4. The molecule has 0 atom stereocenters. The average molecular weight is 273 g/mol. The summed E-state index contributed by atoms with van der Waals surface area (Å²) < 4.78 is 2.30. The van der Waals surface area contributed by atoms with Gasteiger partial charge in [-0.25, -0.2) is 4.79 Å². The number of para-hydroxylation sites is 1. The van der Waals surface area contributed by atoms with E-state index in [0.29, 0.717) is 5.69 Å². The number of carbonyl (C=O) groups excluding carboxylic acids is 1. The Labute approximate surface area is 115 Å². The molecule has 2 heterocycles. The van der Waals surface area contributed by atoms with Crippen molar-refractivity contribution in [2.24, 2.45) is 0 Å². The first-order valence-electron chi connectivity index (χ1n) is 6.62. The second-order valence-corrected chi connectivity index (χ2v) is 4.75. The van der Waals surface area contributed by atoms with Gasteiger partial charge in [0.05, 0.1) is 5.69 Å². The third-order valence-electron chi connectivity index (χ3n) is 3.38. The molecule has 1 aromatic carbocycles. The van der Waals surface area contributed by atoms with E-state index in [1.165, 1.54) is 4.68 Å². The number of nitrogens with zero attached hydrogens (tertiary/aromatic N) is 5. The molecular formula is C13H15N5O2. The maximum absolute atomic E-state index is 12.1. The molecule has 0 unspecified atom stereocenters. The van der Waals surface area contributed by atoms with Crippen LogP contribution >= 0.6 is 0 Å². The minimum atomic E-state index is -0.399. The highest BCUT2D eigenvalue weighted by atomic mass is 16.2. The number of aromatic nitrogens is 4. The standard InChI is InChI=1S/C13H15N5O2/c19-12(16-8-4-5-9-16)10-17-13(20)18(15-14-17)11-6-2-1-3-7-11/h1-3,6-7H,4-5,8-10H2. The first kappa shape index (κ1) is 12.6. The third kappa shape index (κ3) is 2.34. The Morgan fingerprint density at radius 2 is 1.80 bits per heavy atom. The Morgan fingerprint density at radius 3 is 2.50 bits per heavy atom. The Hall–Kier alpha value is -2.44. The molecule has 104 valence electrons. The summed E-state index contributed by atoms with van der Waals surface area (Å²) in [6.45, 7) is 1.48. The first-order valence-corrected chi connectivity index (χ1v) is 6.62. The van der Waals surface area contributed by atoms with Gasteiger partial charge in [-0.1, -0.05) is 18.2 Å². The lowest BCUT2D eigenvalue weighted by molar-refractivity contribution is -0.131. The Kier molecular flexibility index (Phi) is 3.32. The van der Waals surface area contributed by atoms with E-state index < -0.39 is 5.69 Å². The van der Waals surface area contributed by atoms with Gasteiger partial charge >= 0.3 is 5.69 Å². The molecule has 7 heteroatoms. The van der Waals surface area contributed by atoms with Crippen LogP contribution in [0.25, 0.3) is 5.69 Å². The summed E-state index contributed by atoms with van der Waals surface area (Å²) in [5.74, 6) is -0.0790. The van der Waals surface area contributed by atoms with Gasteiger partial charge in [0.1, 0.15) is 6.54 Å². The van der Waals surface area contributed by atoms with Crippen LogP contribution in [0.15, 0.2) is 35.1 Å². The average Bonchev–Trinajstić information content (AvgIpc) is 3.11. The van der Waals surface area contributed by atoms with Crippen molar-refractivity contribution < 1.29 is 4.79 Å². The second kappa shape index (κ2) is 5.28. The Balaban J connectivity index is 1.80. The maximum Gasteiger partial charge on any atom is 0.368 e. The van der Waals surface area contributed by atoms with Crippen LogP contribution in [0, 0.1) is 0 Å². The van der Waals surface area contributed by atoms with Crippen molar-refractivity contribution in [1.82, 2.24) is 24.7 Å². The molecule has 1 fully saturated rings. The van der Waals surface area contributed by atoms with Crippen LogP contribution in [-0.2, 0) is 11.3 Å². The zero-order valence-corrected chi connectivity index (χ0v) is 11.0. The molecule has 3 rings (SSSR count). The van der Waals surface area contributed by atoms with Crippen molar-refractivity contribution in [2.75, 3.05) is 13.1 Å². The Morgan fingerprint density at radius 1 is 1.10 bits per heavy atom. The van der Waals surface area contributed by atoms with Crippen molar-refractivity contribution in [3.8, 4) is 5.69 Å². The molecule has 0 N–H and O–H groups in total. The molecule has 1 aliphatic heterocycles. The van der Waals surface area contributed by atoms with Gasteiger partial charge in [0.2, 0.25) is 5.91 Å². The van der Waals surface area contributed by atoms with E-state index >= 15 is 0 Å². The van der Waals surface area contributed by atoms with Crippen LogP contribution in [-0.4, -0.2) is 43.7 Å². The summed E-state index contributed by atoms with van der Waals surface area (Å²) in [4.78, 5) is 25.9. The smallest absolute Gasteiger partial charge is 0.341 e. The number of benzene rings is 1. The predicted octanol–water partition coefficient (Wildman–Crippen LogP) is 0.0514. The topological polar surface area (TPSA) is 73.0 Å². The predicted molar refractivity (Wildman–Crippen MR) is 71.4 cm³/mol. The van der Waals surface area contributed by atoms with Crippen molar-refractivity contribution in [3.63, 3.8) is 0 Å². The van der Waals surface area contributed by atoms with E-state index in [1.54, 1.807) is 17.0 Å². The fraction of sp³-hybridized carbons (Fsp3) is 0.385. The fourth-order valence-corrected chi connectivity index (χ4v) is 2.30. The summed E-state index contributed by atoms with van der Waals surface area (Å²) in [7, 11) is 0. The number of rotatable bonds is 3. The van der Waals surface area contributed by atoms with E-state index in [2.05, 4.69) is 10.4 Å². The van der Waals surface area contributed by atoms with E-state index in [9.17, 15) is 9.59 Å². The minimum Gasteiger partial charge on any atom is -0.341 e. The quantitative estimate of drug-likeness (QED) is 0.792. The minimum absolute atomic E-state index is 0.0499. The van der Waals surface area contributed by atoms with Gasteiger partial charge in [-0.2, -0.15) is 9.36 Å². The molecule has 1 aliphatic rings. The lowest BCUT2D eigenvalue weighted by atomic mass is 10.3. The van der Waals surface area contributed by atoms with Crippen LogP contribution in [0.5, 0.6) is 0 Å². The molecule has 0 saturated carbocycles. The molecule has 1 aromatic heterocycles. The summed E-state index contributed by atoms with van der Waals surface area (Å²) in [5.41, 5.74) is 0.237. The zero-order chi connectivity index (χ0) is 13.9. The van der Waals surface area contributed by atoms with E-state index in [1.807, 2.05) is 18.2 Å². The van der Waals surface area contributed by atoms with E-state index in [0.717, 1.165) is 30.6 Å². The lowest BCUT2D eigenvalue weighted by Gasteiger charge is -2.13. The fourth-order valence-electron chi connectivity index (χ4n) is 2.30. The molecule has 0 bridgehead atoms.